The van der Waals surface area contributed by atoms with Crippen LogP contribution in [0.3, 0.4) is 0 Å². The second kappa shape index (κ2) is 7.14. The first-order valence-corrected chi connectivity index (χ1v) is 8.32. The molecule has 0 bridgehead atoms. The van der Waals surface area contributed by atoms with Gasteiger partial charge in [0.2, 0.25) is 0 Å². The highest BCUT2D eigenvalue weighted by atomic mass is 35.5. The highest BCUT2D eigenvalue weighted by molar-refractivity contribution is 6.32. The third-order valence-corrected chi connectivity index (χ3v) is 4.69. The molecule has 3 rings (SSSR count). The molecule has 0 heterocycles. The molecular formula is C19H20ClNO3. The zero-order chi connectivity index (χ0) is 17.1. The highest BCUT2D eigenvalue weighted by Crippen LogP contribution is 2.36. The summed E-state index contributed by atoms with van der Waals surface area (Å²) in [4.78, 5) is 12.9. The van der Waals surface area contributed by atoms with E-state index in [9.17, 15) is 4.79 Å². The number of carbonyl (C=O) groups is 1. The predicted molar refractivity (Wildman–Crippen MR) is 94.1 cm³/mol. The summed E-state index contributed by atoms with van der Waals surface area (Å²) < 4.78 is 10.6. The topological polar surface area (TPSA) is 47.6 Å². The average Bonchev–Trinajstić information content (AvgIpc) is 2.61. The summed E-state index contributed by atoms with van der Waals surface area (Å²) in [5.74, 6) is 0.531. The number of carbonyl (C=O) groups excluding carboxylic acids is 1. The third kappa shape index (κ3) is 3.06. The zero-order valence-corrected chi connectivity index (χ0v) is 14.5. The molecule has 1 aliphatic rings. The van der Waals surface area contributed by atoms with Crippen molar-refractivity contribution in [2.45, 2.75) is 25.3 Å². The van der Waals surface area contributed by atoms with Crippen molar-refractivity contribution in [2.75, 3.05) is 14.2 Å². The number of fused-ring (bicyclic) bond motifs is 1. The van der Waals surface area contributed by atoms with Crippen molar-refractivity contribution < 1.29 is 14.3 Å². The Balaban J connectivity index is 1.93. The van der Waals surface area contributed by atoms with Gasteiger partial charge in [-0.3, -0.25) is 4.79 Å². The van der Waals surface area contributed by atoms with Crippen LogP contribution in [0.1, 0.15) is 40.4 Å². The van der Waals surface area contributed by atoms with Gasteiger partial charge in [0, 0.05) is 0 Å². The van der Waals surface area contributed by atoms with Crippen molar-refractivity contribution in [3.05, 3.63) is 58.1 Å². The van der Waals surface area contributed by atoms with E-state index in [1.165, 1.54) is 25.3 Å². The Morgan fingerprint density at radius 3 is 2.71 bits per heavy atom. The number of amides is 1. The third-order valence-electron chi connectivity index (χ3n) is 4.40. The van der Waals surface area contributed by atoms with E-state index in [4.69, 9.17) is 21.1 Å². The smallest absolute Gasteiger partial charge is 0.259 e. The lowest BCUT2D eigenvalue weighted by molar-refractivity contribution is 0.0926. The number of hydrogen-bond donors (Lipinski definition) is 1. The molecule has 5 heteroatoms. The summed E-state index contributed by atoms with van der Waals surface area (Å²) in [6, 6.07) is 11.5. The van der Waals surface area contributed by atoms with Crippen LogP contribution in [0.15, 0.2) is 36.4 Å². The molecule has 0 aromatic heterocycles. The molecule has 0 radical (unpaired) electrons. The molecule has 24 heavy (non-hydrogen) atoms. The summed E-state index contributed by atoms with van der Waals surface area (Å²) in [6.07, 6.45) is 3.01. The van der Waals surface area contributed by atoms with Gasteiger partial charge in [0.25, 0.3) is 5.91 Å². The number of halogens is 1. The molecule has 0 spiro atoms. The van der Waals surface area contributed by atoms with Crippen molar-refractivity contribution >= 4 is 17.5 Å². The number of benzene rings is 2. The van der Waals surface area contributed by atoms with Gasteiger partial charge < -0.3 is 14.8 Å². The summed E-state index contributed by atoms with van der Waals surface area (Å²) >= 11 is 6.17. The Morgan fingerprint density at radius 1 is 1.17 bits per heavy atom. The summed E-state index contributed by atoms with van der Waals surface area (Å²) in [5.41, 5.74) is 2.80. The molecule has 2 aromatic rings. The first-order valence-electron chi connectivity index (χ1n) is 7.95. The molecule has 0 saturated carbocycles. The Morgan fingerprint density at radius 2 is 1.96 bits per heavy atom. The van der Waals surface area contributed by atoms with E-state index in [0.717, 1.165) is 19.3 Å². The molecule has 1 amide bonds. The predicted octanol–water partition coefficient (Wildman–Crippen LogP) is 4.16. The number of nitrogens with one attached hydrogen (secondary N) is 1. The summed E-state index contributed by atoms with van der Waals surface area (Å²) in [6.45, 7) is 0. The minimum atomic E-state index is -0.243. The molecule has 1 unspecified atom stereocenters. The van der Waals surface area contributed by atoms with Crippen LogP contribution in [0.5, 0.6) is 11.5 Å². The quantitative estimate of drug-likeness (QED) is 0.904. The van der Waals surface area contributed by atoms with Crippen molar-refractivity contribution in [3.63, 3.8) is 0 Å². The number of rotatable bonds is 4. The van der Waals surface area contributed by atoms with Gasteiger partial charge in [-0.25, -0.2) is 0 Å². The molecule has 0 aliphatic heterocycles. The fourth-order valence-electron chi connectivity index (χ4n) is 3.26. The van der Waals surface area contributed by atoms with Gasteiger partial charge in [-0.15, -0.1) is 0 Å². The summed E-state index contributed by atoms with van der Waals surface area (Å²) in [7, 11) is 3.02. The van der Waals surface area contributed by atoms with Crippen LogP contribution in [-0.2, 0) is 6.42 Å². The minimum Gasteiger partial charge on any atom is -0.496 e. The van der Waals surface area contributed by atoms with Gasteiger partial charge >= 0.3 is 0 Å². The lowest BCUT2D eigenvalue weighted by atomic mass is 9.87. The standard InChI is InChI=1S/C19H20ClNO3/c1-23-16-11-10-14(20)18(24-2)17(16)19(22)21-15-9-5-7-12-6-3-4-8-13(12)15/h3-4,6,8,10-11,15H,5,7,9H2,1-2H3,(H,21,22). The van der Waals surface area contributed by atoms with Gasteiger partial charge in [-0.05, 0) is 42.5 Å². The molecule has 1 atom stereocenters. The maximum absolute atomic E-state index is 12.9. The van der Waals surface area contributed by atoms with Gasteiger partial charge in [-0.1, -0.05) is 35.9 Å². The lowest BCUT2D eigenvalue weighted by Gasteiger charge is -2.27. The van der Waals surface area contributed by atoms with E-state index in [-0.39, 0.29) is 11.9 Å². The Hall–Kier alpha value is -2.20. The first kappa shape index (κ1) is 16.7. The van der Waals surface area contributed by atoms with Crippen molar-refractivity contribution in [2.24, 2.45) is 0 Å². The Bertz CT molecular complexity index is 760. The molecule has 0 fully saturated rings. The monoisotopic (exact) mass is 345 g/mol. The minimum absolute atomic E-state index is 0.0177. The second-order valence-electron chi connectivity index (χ2n) is 5.77. The molecular weight excluding hydrogens is 326 g/mol. The SMILES string of the molecule is COc1ccc(Cl)c(OC)c1C(=O)NC1CCCc2ccccc21. The molecule has 1 aliphatic carbocycles. The van der Waals surface area contributed by atoms with E-state index in [2.05, 4.69) is 17.4 Å². The average molecular weight is 346 g/mol. The van der Waals surface area contributed by atoms with Gasteiger partial charge in [0.1, 0.15) is 11.3 Å². The summed E-state index contributed by atoms with van der Waals surface area (Å²) in [5, 5.41) is 3.49. The fourth-order valence-corrected chi connectivity index (χ4v) is 3.49. The van der Waals surface area contributed by atoms with Crippen LogP contribution in [0.4, 0.5) is 0 Å². The van der Waals surface area contributed by atoms with Crippen molar-refractivity contribution in [1.29, 1.82) is 0 Å². The molecule has 126 valence electrons. The number of hydrogen-bond acceptors (Lipinski definition) is 3. The van der Waals surface area contributed by atoms with Crippen molar-refractivity contribution in [1.82, 2.24) is 5.32 Å². The molecule has 4 nitrogen and oxygen atoms in total. The first-order chi connectivity index (χ1) is 11.7. The van der Waals surface area contributed by atoms with Gasteiger partial charge in [0.05, 0.1) is 25.3 Å². The van der Waals surface area contributed by atoms with Gasteiger partial charge in [-0.2, -0.15) is 0 Å². The maximum atomic E-state index is 12.9. The van der Waals surface area contributed by atoms with E-state index < -0.39 is 0 Å². The normalized spacial score (nSPS) is 16.2. The van der Waals surface area contributed by atoms with Crippen LogP contribution in [-0.4, -0.2) is 20.1 Å². The van der Waals surface area contributed by atoms with E-state index in [1.807, 2.05) is 12.1 Å². The highest BCUT2D eigenvalue weighted by Gasteiger charge is 2.26. The van der Waals surface area contributed by atoms with Crippen LogP contribution < -0.4 is 14.8 Å². The number of methoxy groups -OCH3 is 2. The van der Waals surface area contributed by atoms with Crippen LogP contribution in [0.25, 0.3) is 0 Å². The molecule has 0 saturated heterocycles. The van der Waals surface area contributed by atoms with E-state index in [1.54, 1.807) is 12.1 Å². The molecule has 2 aromatic carbocycles. The Kier molecular flexibility index (Phi) is 4.95. The van der Waals surface area contributed by atoms with E-state index >= 15 is 0 Å². The fraction of sp³-hybridized carbons (Fsp3) is 0.316. The number of aryl methyl sites for hydroxylation is 1. The van der Waals surface area contributed by atoms with Crippen LogP contribution in [0, 0.1) is 0 Å². The molecule has 1 N–H and O–H groups in total. The second-order valence-corrected chi connectivity index (χ2v) is 6.18. The van der Waals surface area contributed by atoms with Gasteiger partial charge in [0.15, 0.2) is 5.75 Å². The maximum Gasteiger partial charge on any atom is 0.259 e. The van der Waals surface area contributed by atoms with E-state index in [0.29, 0.717) is 22.1 Å². The Labute approximate surface area is 146 Å². The van der Waals surface area contributed by atoms with Crippen LogP contribution >= 0.6 is 11.6 Å². The zero-order valence-electron chi connectivity index (χ0n) is 13.8. The van der Waals surface area contributed by atoms with Crippen molar-refractivity contribution in [3.8, 4) is 11.5 Å². The van der Waals surface area contributed by atoms with Crippen LogP contribution in [0.2, 0.25) is 5.02 Å². The lowest BCUT2D eigenvalue weighted by Crippen LogP contribution is -2.31. The largest absolute Gasteiger partial charge is 0.496 e. The number of ether oxygens (including phenoxy) is 2.